The topological polar surface area (TPSA) is 47.6 Å². The number of carbonyl (C=O) groups excluding carboxylic acids is 1. The van der Waals surface area contributed by atoms with Crippen molar-refractivity contribution >= 4 is 5.91 Å². The van der Waals surface area contributed by atoms with Crippen LogP contribution in [0.15, 0.2) is 48.5 Å². The van der Waals surface area contributed by atoms with Gasteiger partial charge in [-0.15, -0.1) is 0 Å². The summed E-state index contributed by atoms with van der Waals surface area (Å²) in [5.74, 6) is -0.381. The zero-order valence-electron chi connectivity index (χ0n) is 15.2. The average Bonchev–Trinajstić information content (AvgIpc) is 2.69. The van der Waals surface area contributed by atoms with Crippen molar-refractivity contribution in [1.82, 2.24) is 5.32 Å². The maximum atomic E-state index is 13.2. The zero-order valence-corrected chi connectivity index (χ0v) is 15.2. The first-order chi connectivity index (χ1) is 13.2. The van der Waals surface area contributed by atoms with Crippen LogP contribution in [0.4, 0.5) is 4.39 Å². The minimum absolute atomic E-state index is 0.0885. The molecule has 5 heteroatoms. The van der Waals surface area contributed by atoms with E-state index in [4.69, 9.17) is 9.47 Å². The molecule has 0 aromatic heterocycles. The predicted molar refractivity (Wildman–Crippen MR) is 101 cm³/mol. The maximum Gasteiger partial charge on any atom is 0.252 e. The maximum absolute atomic E-state index is 13.2. The molecule has 4 nitrogen and oxygen atoms in total. The SMILES string of the molecule is O=C(NC1CCOC2(CCOCC2)C1)c1ccccc1-c1ccc(F)cc1. The van der Waals surface area contributed by atoms with Gasteiger partial charge in [0.15, 0.2) is 0 Å². The summed E-state index contributed by atoms with van der Waals surface area (Å²) in [7, 11) is 0. The van der Waals surface area contributed by atoms with Gasteiger partial charge in [-0.25, -0.2) is 4.39 Å². The number of hydrogen-bond donors (Lipinski definition) is 1. The molecule has 2 heterocycles. The molecule has 0 radical (unpaired) electrons. The minimum Gasteiger partial charge on any atom is -0.381 e. The van der Waals surface area contributed by atoms with Gasteiger partial charge in [0.25, 0.3) is 5.91 Å². The third kappa shape index (κ3) is 4.04. The van der Waals surface area contributed by atoms with Crippen LogP contribution in [0.2, 0.25) is 0 Å². The molecule has 4 rings (SSSR count). The Bertz CT molecular complexity index is 794. The fourth-order valence-corrected chi connectivity index (χ4v) is 4.07. The summed E-state index contributed by atoms with van der Waals surface area (Å²) in [6.07, 6.45) is 3.39. The zero-order chi connectivity index (χ0) is 18.7. The summed E-state index contributed by atoms with van der Waals surface area (Å²) >= 11 is 0. The average molecular weight is 369 g/mol. The van der Waals surface area contributed by atoms with E-state index in [9.17, 15) is 9.18 Å². The first-order valence-corrected chi connectivity index (χ1v) is 9.53. The van der Waals surface area contributed by atoms with Gasteiger partial charge in [0.2, 0.25) is 0 Å². The van der Waals surface area contributed by atoms with E-state index in [0.717, 1.165) is 36.8 Å². The van der Waals surface area contributed by atoms with E-state index in [0.29, 0.717) is 25.4 Å². The minimum atomic E-state index is -0.287. The third-order valence-corrected chi connectivity index (χ3v) is 5.56. The van der Waals surface area contributed by atoms with Crippen molar-refractivity contribution < 1.29 is 18.7 Å². The molecule has 1 unspecified atom stereocenters. The summed E-state index contributed by atoms with van der Waals surface area (Å²) < 4.78 is 24.8. The fraction of sp³-hybridized carbons (Fsp3) is 0.409. The predicted octanol–water partition coefficient (Wildman–Crippen LogP) is 3.95. The molecule has 2 aliphatic rings. The van der Waals surface area contributed by atoms with Gasteiger partial charge in [-0.2, -0.15) is 0 Å². The van der Waals surface area contributed by atoms with Crippen molar-refractivity contribution in [1.29, 1.82) is 0 Å². The standard InChI is InChI=1S/C22H24FNO3/c23-17-7-5-16(6-8-17)19-3-1-2-4-20(19)21(25)24-18-9-12-27-22(15-18)10-13-26-14-11-22/h1-8,18H,9-15H2,(H,24,25). The van der Waals surface area contributed by atoms with Gasteiger partial charge in [-0.05, 0) is 55.0 Å². The highest BCUT2D eigenvalue weighted by Crippen LogP contribution is 2.34. The lowest BCUT2D eigenvalue weighted by Gasteiger charge is -2.43. The summed E-state index contributed by atoms with van der Waals surface area (Å²) in [5.41, 5.74) is 2.08. The van der Waals surface area contributed by atoms with Crippen LogP contribution in [0.25, 0.3) is 11.1 Å². The van der Waals surface area contributed by atoms with E-state index in [1.165, 1.54) is 12.1 Å². The molecule has 0 saturated carbocycles. The normalized spacial score (nSPS) is 21.7. The van der Waals surface area contributed by atoms with Gasteiger partial charge in [0.05, 0.1) is 5.60 Å². The van der Waals surface area contributed by atoms with Crippen molar-refractivity contribution in [3.8, 4) is 11.1 Å². The quantitative estimate of drug-likeness (QED) is 0.891. The van der Waals surface area contributed by atoms with E-state index in [-0.39, 0.29) is 23.4 Å². The van der Waals surface area contributed by atoms with Gasteiger partial charge < -0.3 is 14.8 Å². The van der Waals surface area contributed by atoms with E-state index in [1.54, 1.807) is 12.1 Å². The smallest absolute Gasteiger partial charge is 0.252 e. The molecule has 1 amide bonds. The summed E-state index contributed by atoms with van der Waals surface area (Å²) in [6, 6.07) is 13.8. The van der Waals surface area contributed by atoms with Crippen LogP contribution < -0.4 is 5.32 Å². The Balaban J connectivity index is 1.51. The Hall–Kier alpha value is -2.24. The first-order valence-electron chi connectivity index (χ1n) is 9.53. The Morgan fingerprint density at radius 1 is 1.04 bits per heavy atom. The lowest BCUT2D eigenvalue weighted by molar-refractivity contribution is -0.139. The second kappa shape index (κ2) is 7.79. The summed E-state index contributed by atoms with van der Waals surface area (Å²) in [4.78, 5) is 13.0. The molecular formula is C22H24FNO3. The number of nitrogens with one attached hydrogen (secondary N) is 1. The van der Waals surface area contributed by atoms with Crippen molar-refractivity contribution in [2.75, 3.05) is 19.8 Å². The molecule has 1 spiro atoms. The molecular weight excluding hydrogens is 345 g/mol. The Morgan fingerprint density at radius 2 is 1.78 bits per heavy atom. The van der Waals surface area contributed by atoms with E-state index < -0.39 is 0 Å². The number of ether oxygens (including phenoxy) is 2. The lowest BCUT2D eigenvalue weighted by Crippen LogP contribution is -2.51. The van der Waals surface area contributed by atoms with Gasteiger partial charge in [0.1, 0.15) is 5.82 Å². The molecule has 2 aromatic carbocycles. The second-order valence-electron chi connectivity index (χ2n) is 7.36. The molecule has 27 heavy (non-hydrogen) atoms. The molecule has 142 valence electrons. The van der Waals surface area contributed by atoms with Crippen LogP contribution >= 0.6 is 0 Å². The fourth-order valence-electron chi connectivity index (χ4n) is 4.07. The molecule has 2 fully saturated rings. The highest BCUT2D eigenvalue weighted by atomic mass is 19.1. The number of rotatable bonds is 3. The number of halogens is 1. The summed E-state index contributed by atoms with van der Waals surface area (Å²) in [5, 5.41) is 3.19. The van der Waals surface area contributed by atoms with Crippen molar-refractivity contribution in [2.24, 2.45) is 0 Å². The number of carbonyl (C=O) groups is 1. The molecule has 0 aliphatic carbocycles. The lowest BCUT2D eigenvalue weighted by atomic mass is 9.84. The number of amides is 1. The first kappa shape index (κ1) is 18.1. The van der Waals surface area contributed by atoms with Crippen LogP contribution in [-0.4, -0.2) is 37.4 Å². The van der Waals surface area contributed by atoms with Crippen molar-refractivity contribution in [2.45, 2.75) is 37.3 Å². The summed E-state index contributed by atoms with van der Waals surface area (Å²) in [6.45, 7) is 2.09. The van der Waals surface area contributed by atoms with Crippen LogP contribution in [0.1, 0.15) is 36.0 Å². The van der Waals surface area contributed by atoms with E-state index in [1.807, 2.05) is 24.3 Å². The highest BCUT2D eigenvalue weighted by Gasteiger charge is 2.39. The second-order valence-corrected chi connectivity index (χ2v) is 7.36. The molecule has 1 N–H and O–H groups in total. The Labute approximate surface area is 158 Å². The number of benzene rings is 2. The third-order valence-electron chi connectivity index (χ3n) is 5.56. The molecule has 0 bridgehead atoms. The largest absolute Gasteiger partial charge is 0.381 e. The molecule has 1 atom stereocenters. The Morgan fingerprint density at radius 3 is 2.56 bits per heavy atom. The molecule has 2 aromatic rings. The van der Waals surface area contributed by atoms with Crippen LogP contribution in [0, 0.1) is 5.82 Å². The Kier molecular flexibility index (Phi) is 5.23. The van der Waals surface area contributed by atoms with Crippen molar-refractivity contribution in [3.05, 3.63) is 59.9 Å². The van der Waals surface area contributed by atoms with Crippen LogP contribution in [0.5, 0.6) is 0 Å². The van der Waals surface area contributed by atoms with Gasteiger partial charge in [-0.1, -0.05) is 30.3 Å². The highest BCUT2D eigenvalue weighted by molar-refractivity contribution is 6.01. The molecule has 2 aliphatic heterocycles. The van der Waals surface area contributed by atoms with Gasteiger partial charge in [0, 0.05) is 31.4 Å². The monoisotopic (exact) mass is 369 g/mol. The molecule has 2 saturated heterocycles. The van der Waals surface area contributed by atoms with Crippen LogP contribution in [0.3, 0.4) is 0 Å². The van der Waals surface area contributed by atoms with Gasteiger partial charge in [-0.3, -0.25) is 4.79 Å². The van der Waals surface area contributed by atoms with Gasteiger partial charge >= 0.3 is 0 Å². The van der Waals surface area contributed by atoms with E-state index in [2.05, 4.69) is 5.32 Å². The number of hydrogen-bond acceptors (Lipinski definition) is 3. The van der Waals surface area contributed by atoms with Crippen molar-refractivity contribution in [3.63, 3.8) is 0 Å². The van der Waals surface area contributed by atoms with Crippen LogP contribution in [-0.2, 0) is 9.47 Å². The van der Waals surface area contributed by atoms with E-state index >= 15 is 0 Å².